The Morgan fingerprint density at radius 2 is 1.92 bits per heavy atom. The zero-order chi connectivity index (χ0) is 9.41. The lowest BCUT2D eigenvalue weighted by molar-refractivity contribution is 0.295. The molecule has 1 aliphatic heterocycles. The average Bonchev–Trinajstić information content (AvgIpc) is 2.07. The van der Waals surface area contributed by atoms with Crippen molar-refractivity contribution >= 4 is 21.6 Å². The van der Waals surface area contributed by atoms with Crippen LogP contribution in [0.15, 0.2) is 0 Å². The summed E-state index contributed by atoms with van der Waals surface area (Å²) in [4.78, 5) is 0. The standard InChI is InChI=1S/C10H20S2/c1-9(2,3)6-8-10(4,5)7-11-12-8/h8H,6-7H2,1-5H3. The molecule has 0 aromatic carbocycles. The summed E-state index contributed by atoms with van der Waals surface area (Å²) in [5, 5.41) is 0.850. The van der Waals surface area contributed by atoms with Crippen LogP contribution >= 0.6 is 21.6 Å². The molecule has 0 N–H and O–H groups in total. The highest BCUT2D eigenvalue weighted by atomic mass is 33.1. The zero-order valence-corrected chi connectivity index (χ0v) is 10.4. The molecular formula is C10H20S2. The maximum atomic E-state index is 2.40. The van der Waals surface area contributed by atoms with Crippen molar-refractivity contribution in [1.29, 1.82) is 0 Å². The molecule has 0 aromatic rings. The van der Waals surface area contributed by atoms with Gasteiger partial charge in [-0.1, -0.05) is 56.2 Å². The van der Waals surface area contributed by atoms with E-state index in [0.717, 1.165) is 5.25 Å². The summed E-state index contributed by atoms with van der Waals surface area (Å²) in [7, 11) is 4.14. The molecule has 72 valence electrons. The third-order valence-electron chi connectivity index (χ3n) is 2.28. The molecule has 0 aromatic heterocycles. The second-order valence-electron chi connectivity index (χ2n) is 5.60. The second kappa shape index (κ2) is 3.45. The van der Waals surface area contributed by atoms with Gasteiger partial charge >= 0.3 is 0 Å². The van der Waals surface area contributed by atoms with Crippen molar-refractivity contribution < 1.29 is 0 Å². The first-order valence-electron chi connectivity index (χ1n) is 4.60. The molecule has 0 saturated carbocycles. The first kappa shape index (κ1) is 10.8. The van der Waals surface area contributed by atoms with E-state index in [1.807, 2.05) is 10.8 Å². The molecule has 1 rings (SSSR count). The Balaban J connectivity index is 2.53. The maximum absolute atomic E-state index is 2.40. The van der Waals surface area contributed by atoms with Gasteiger partial charge in [0, 0.05) is 11.0 Å². The molecule has 12 heavy (non-hydrogen) atoms. The second-order valence-corrected chi connectivity index (χ2v) is 8.17. The summed E-state index contributed by atoms with van der Waals surface area (Å²) >= 11 is 0. The average molecular weight is 204 g/mol. The van der Waals surface area contributed by atoms with Gasteiger partial charge in [-0.2, -0.15) is 0 Å². The molecule has 0 radical (unpaired) electrons. The minimum absolute atomic E-state index is 0.486. The molecule has 1 heterocycles. The van der Waals surface area contributed by atoms with Gasteiger partial charge in [0.2, 0.25) is 0 Å². The summed E-state index contributed by atoms with van der Waals surface area (Å²) in [6.45, 7) is 11.8. The number of rotatable bonds is 1. The fraction of sp³-hybridized carbons (Fsp3) is 1.00. The van der Waals surface area contributed by atoms with E-state index in [2.05, 4.69) is 45.4 Å². The molecule has 0 spiro atoms. The Bertz CT molecular complexity index is 156. The molecule has 1 fully saturated rings. The third kappa shape index (κ3) is 2.88. The Hall–Kier alpha value is 0.700. The van der Waals surface area contributed by atoms with Crippen LogP contribution in [0.1, 0.15) is 41.0 Å². The largest absolute Gasteiger partial charge is 0.0933 e. The van der Waals surface area contributed by atoms with Gasteiger partial charge < -0.3 is 0 Å². The number of hydrogen-bond donors (Lipinski definition) is 0. The molecule has 0 nitrogen and oxygen atoms in total. The van der Waals surface area contributed by atoms with Crippen LogP contribution in [0.5, 0.6) is 0 Å². The van der Waals surface area contributed by atoms with Crippen LogP contribution in [-0.4, -0.2) is 11.0 Å². The molecular weight excluding hydrogens is 184 g/mol. The maximum Gasteiger partial charge on any atom is 0.0215 e. The third-order valence-corrected chi connectivity index (χ3v) is 5.78. The molecule has 0 bridgehead atoms. The first-order valence-corrected chi connectivity index (χ1v) is 6.98. The highest BCUT2D eigenvalue weighted by Gasteiger charge is 2.38. The van der Waals surface area contributed by atoms with E-state index < -0.39 is 0 Å². The van der Waals surface area contributed by atoms with Gasteiger partial charge in [0.15, 0.2) is 0 Å². The van der Waals surface area contributed by atoms with Crippen molar-refractivity contribution in [3.05, 3.63) is 0 Å². The van der Waals surface area contributed by atoms with Crippen molar-refractivity contribution in [2.24, 2.45) is 10.8 Å². The molecule has 1 unspecified atom stereocenters. The highest BCUT2D eigenvalue weighted by Crippen LogP contribution is 2.52. The van der Waals surface area contributed by atoms with Crippen LogP contribution in [0.25, 0.3) is 0 Å². The van der Waals surface area contributed by atoms with E-state index in [9.17, 15) is 0 Å². The van der Waals surface area contributed by atoms with E-state index >= 15 is 0 Å². The van der Waals surface area contributed by atoms with Crippen LogP contribution in [-0.2, 0) is 0 Å². The van der Waals surface area contributed by atoms with Crippen molar-refractivity contribution in [3.63, 3.8) is 0 Å². The predicted octanol–water partition coefficient (Wildman–Crippen LogP) is 4.21. The van der Waals surface area contributed by atoms with Crippen LogP contribution < -0.4 is 0 Å². The van der Waals surface area contributed by atoms with E-state index in [-0.39, 0.29) is 0 Å². The SMILES string of the molecule is CC(C)(C)CC1SSCC1(C)C. The Labute approximate surface area is 84.7 Å². The normalized spacial score (nSPS) is 29.2. The number of hydrogen-bond acceptors (Lipinski definition) is 2. The van der Waals surface area contributed by atoms with Crippen LogP contribution in [0, 0.1) is 10.8 Å². The smallest absolute Gasteiger partial charge is 0.0215 e. The van der Waals surface area contributed by atoms with Gasteiger partial charge in [0.1, 0.15) is 0 Å². The molecule has 0 aliphatic carbocycles. The van der Waals surface area contributed by atoms with Gasteiger partial charge in [-0.3, -0.25) is 0 Å². The summed E-state index contributed by atoms with van der Waals surface area (Å²) in [5.74, 6) is 1.32. The molecule has 1 aliphatic rings. The van der Waals surface area contributed by atoms with Crippen molar-refractivity contribution in [2.75, 3.05) is 5.75 Å². The van der Waals surface area contributed by atoms with Gasteiger partial charge in [-0.15, -0.1) is 0 Å². The van der Waals surface area contributed by atoms with Crippen molar-refractivity contribution in [2.45, 2.75) is 46.3 Å². The Kier molecular flexibility index (Phi) is 3.10. The van der Waals surface area contributed by atoms with E-state index in [1.165, 1.54) is 12.2 Å². The zero-order valence-electron chi connectivity index (χ0n) is 8.81. The lowest BCUT2D eigenvalue weighted by Gasteiger charge is -2.30. The minimum atomic E-state index is 0.486. The lowest BCUT2D eigenvalue weighted by Crippen LogP contribution is -2.28. The van der Waals surface area contributed by atoms with Crippen LogP contribution in [0.4, 0.5) is 0 Å². The van der Waals surface area contributed by atoms with Gasteiger partial charge in [-0.25, -0.2) is 0 Å². The Morgan fingerprint density at radius 3 is 2.25 bits per heavy atom. The quantitative estimate of drug-likeness (QED) is 0.587. The van der Waals surface area contributed by atoms with E-state index in [0.29, 0.717) is 10.8 Å². The fourth-order valence-electron chi connectivity index (χ4n) is 1.36. The van der Waals surface area contributed by atoms with Crippen LogP contribution in [0.2, 0.25) is 0 Å². The summed E-state index contributed by atoms with van der Waals surface area (Å²) in [5.41, 5.74) is 1.03. The predicted molar refractivity (Wildman–Crippen MR) is 61.7 cm³/mol. The fourth-order valence-corrected chi connectivity index (χ4v) is 5.71. The monoisotopic (exact) mass is 204 g/mol. The topological polar surface area (TPSA) is 0 Å². The first-order chi connectivity index (χ1) is 5.31. The molecule has 0 amide bonds. The van der Waals surface area contributed by atoms with Gasteiger partial charge in [0.05, 0.1) is 0 Å². The summed E-state index contributed by atoms with van der Waals surface area (Å²) in [6.07, 6.45) is 1.34. The van der Waals surface area contributed by atoms with Crippen LogP contribution in [0.3, 0.4) is 0 Å². The minimum Gasteiger partial charge on any atom is -0.0933 e. The summed E-state index contributed by atoms with van der Waals surface area (Å²) < 4.78 is 0. The molecule has 1 saturated heterocycles. The van der Waals surface area contributed by atoms with Crippen molar-refractivity contribution in [1.82, 2.24) is 0 Å². The Morgan fingerprint density at radius 1 is 1.33 bits per heavy atom. The highest BCUT2D eigenvalue weighted by molar-refractivity contribution is 8.77. The van der Waals surface area contributed by atoms with E-state index in [1.54, 1.807) is 0 Å². The molecule has 1 atom stereocenters. The van der Waals surface area contributed by atoms with Gasteiger partial charge in [-0.05, 0) is 17.3 Å². The molecule has 2 heteroatoms. The summed E-state index contributed by atoms with van der Waals surface area (Å²) in [6, 6.07) is 0. The van der Waals surface area contributed by atoms with Gasteiger partial charge in [0.25, 0.3) is 0 Å². The van der Waals surface area contributed by atoms with Crippen molar-refractivity contribution in [3.8, 4) is 0 Å². The lowest BCUT2D eigenvalue weighted by atomic mass is 9.80. The van der Waals surface area contributed by atoms with E-state index in [4.69, 9.17) is 0 Å².